The van der Waals surface area contributed by atoms with E-state index in [9.17, 15) is 9.90 Å². The molecule has 25 heavy (non-hydrogen) atoms. The molecule has 5 heteroatoms. The number of carbonyl (C=O) groups is 1. The number of hydrogen-bond donors (Lipinski definition) is 1. The van der Waals surface area contributed by atoms with Crippen LogP contribution in [0.15, 0.2) is 35.0 Å². The molecule has 2 fully saturated rings. The van der Waals surface area contributed by atoms with Crippen LogP contribution in [-0.2, 0) is 0 Å². The van der Waals surface area contributed by atoms with Gasteiger partial charge < -0.3 is 10.0 Å². The van der Waals surface area contributed by atoms with Gasteiger partial charge in [0.05, 0.1) is 5.69 Å². The first kappa shape index (κ1) is 16.6. The van der Waals surface area contributed by atoms with Crippen molar-refractivity contribution in [2.45, 2.75) is 50.7 Å². The van der Waals surface area contributed by atoms with Crippen molar-refractivity contribution in [1.82, 2.24) is 4.90 Å². The maximum atomic E-state index is 12.3. The van der Waals surface area contributed by atoms with Crippen LogP contribution in [0.3, 0.4) is 0 Å². The molecule has 0 aliphatic carbocycles. The zero-order valence-electron chi connectivity index (χ0n) is 14.7. The van der Waals surface area contributed by atoms with Crippen molar-refractivity contribution in [3.63, 3.8) is 0 Å². The number of rotatable bonds is 3. The molecule has 1 unspecified atom stereocenters. The van der Waals surface area contributed by atoms with Gasteiger partial charge in [-0.2, -0.15) is 11.3 Å². The number of nitrogens with zero attached hydrogens (tertiary/aromatic N) is 2. The molecule has 4 rings (SSSR count). The highest BCUT2D eigenvalue weighted by atomic mass is 32.1. The highest BCUT2D eigenvalue weighted by Gasteiger charge is 2.42. The first-order valence-electron chi connectivity index (χ1n) is 8.92. The molecular formula is C20H24N2O2S. The fourth-order valence-corrected chi connectivity index (χ4v) is 5.21. The molecule has 1 amide bonds. The second kappa shape index (κ2) is 6.46. The summed E-state index contributed by atoms with van der Waals surface area (Å²) in [6.45, 7) is 2.03. The number of piperidine rings is 1. The van der Waals surface area contributed by atoms with E-state index in [0.717, 1.165) is 35.2 Å². The van der Waals surface area contributed by atoms with E-state index in [1.807, 2.05) is 18.4 Å². The summed E-state index contributed by atoms with van der Waals surface area (Å²) < 4.78 is 0. The highest BCUT2D eigenvalue weighted by Crippen LogP contribution is 2.40. The SMILES string of the molecule is Cc1ccc(-c2ccsc2)c(N(C(=O)O)C2C[C@H]3CC[C@@H](C2)N3C)c1. The Morgan fingerprint density at radius 2 is 1.96 bits per heavy atom. The number of aryl methyl sites for hydroxylation is 1. The van der Waals surface area contributed by atoms with Crippen molar-refractivity contribution < 1.29 is 9.90 Å². The van der Waals surface area contributed by atoms with E-state index < -0.39 is 6.09 Å². The molecule has 3 atom stereocenters. The predicted molar refractivity (Wildman–Crippen MR) is 103 cm³/mol. The van der Waals surface area contributed by atoms with Crippen molar-refractivity contribution in [2.75, 3.05) is 11.9 Å². The summed E-state index contributed by atoms with van der Waals surface area (Å²) in [4.78, 5) is 16.4. The lowest BCUT2D eigenvalue weighted by molar-refractivity contribution is 0.151. The quantitative estimate of drug-likeness (QED) is 0.856. The van der Waals surface area contributed by atoms with Crippen LogP contribution in [0, 0.1) is 6.92 Å². The molecule has 0 saturated carbocycles. The lowest BCUT2D eigenvalue weighted by Gasteiger charge is -2.41. The Labute approximate surface area is 152 Å². The van der Waals surface area contributed by atoms with Gasteiger partial charge in [-0.25, -0.2) is 4.79 Å². The van der Waals surface area contributed by atoms with Crippen LogP contribution < -0.4 is 4.90 Å². The third-order valence-electron chi connectivity index (χ3n) is 5.89. The molecule has 4 nitrogen and oxygen atoms in total. The van der Waals surface area contributed by atoms with Crippen molar-refractivity contribution in [2.24, 2.45) is 0 Å². The molecule has 2 aromatic rings. The molecular weight excluding hydrogens is 332 g/mol. The number of hydrogen-bond acceptors (Lipinski definition) is 3. The summed E-state index contributed by atoms with van der Waals surface area (Å²) in [6, 6.07) is 9.31. The van der Waals surface area contributed by atoms with Crippen LogP contribution in [0.25, 0.3) is 11.1 Å². The largest absolute Gasteiger partial charge is 0.465 e. The molecule has 2 aliphatic rings. The normalized spacial score (nSPS) is 25.9. The summed E-state index contributed by atoms with van der Waals surface area (Å²) in [5.74, 6) is 0. The summed E-state index contributed by atoms with van der Waals surface area (Å²) >= 11 is 1.64. The molecule has 2 saturated heterocycles. The third kappa shape index (κ3) is 2.96. The van der Waals surface area contributed by atoms with Gasteiger partial charge in [0, 0.05) is 23.7 Å². The second-order valence-corrected chi connectivity index (χ2v) is 8.14. The van der Waals surface area contributed by atoms with Crippen molar-refractivity contribution in [3.05, 3.63) is 40.6 Å². The zero-order valence-corrected chi connectivity index (χ0v) is 15.5. The van der Waals surface area contributed by atoms with Crippen LogP contribution in [0.5, 0.6) is 0 Å². The summed E-state index contributed by atoms with van der Waals surface area (Å²) in [5.41, 5.74) is 4.04. The Balaban J connectivity index is 1.75. The van der Waals surface area contributed by atoms with Gasteiger partial charge in [-0.1, -0.05) is 12.1 Å². The van der Waals surface area contributed by atoms with E-state index in [4.69, 9.17) is 0 Å². The Morgan fingerprint density at radius 1 is 1.24 bits per heavy atom. The summed E-state index contributed by atoms with van der Waals surface area (Å²) in [6.07, 6.45) is 3.40. The highest BCUT2D eigenvalue weighted by molar-refractivity contribution is 7.08. The van der Waals surface area contributed by atoms with E-state index in [0.29, 0.717) is 12.1 Å². The molecule has 2 aliphatic heterocycles. The van der Waals surface area contributed by atoms with Crippen molar-refractivity contribution >= 4 is 23.1 Å². The second-order valence-electron chi connectivity index (χ2n) is 7.36. The van der Waals surface area contributed by atoms with Gasteiger partial charge in [0.2, 0.25) is 0 Å². The molecule has 1 aromatic heterocycles. The number of anilines is 1. The minimum absolute atomic E-state index is 0.0605. The van der Waals surface area contributed by atoms with E-state index in [1.165, 1.54) is 12.8 Å². The zero-order chi connectivity index (χ0) is 17.6. The lowest BCUT2D eigenvalue weighted by Crippen LogP contribution is -2.50. The van der Waals surface area contributed by atoms with E-state index >= 15 is 0 Å². The van der Waals surface area contributed by atoms with Gasteiger partial charge in [0.25, 0.3) is 0 Å². The van der Waals surface area contributed by atoms with Gasteiger partial charge in [-0.05, 0) is 73.7 Å². The molecule has 1 aromatic carbocycles. The third-order valence-corrected chi connectivity index (χ3v) is 6.57. The van der Waals surface area contributed by atoms with Crippen LogP contribution in [0.1, 0.15) is 31.2 Å². The molecule has 0 spiro atoms. The van der Waals surface area contributed by atoms with Crippen LogP contribution >= 0.6 is 11.3 Å². The number of benzene rings is 1. The standard InChI is InChI=1S/C20H24N2O2S/c1-13-3-6-18(14-7-8-25-12-14)19(9-13)22(20(23)24)17-10-15-4-5-16(11-17)21(15)2/h3,6-9,12,15-17H,4-5,10-11H2,1-2H3,(H,23,24)/t15-,16+,17?. The lowest BCUT2D eigenvalue weighted by atomic mass is 9.94. The van der Waals surface area contributed by atoms with E-state index in [-0.39, 0.29) is 6.04 Å². The monoisotopic (exact) mass is 356 g/mol. The Hall–Kier alpha value is -1.85. The van der Waals surface area contributed by atoms with E-state index in [1.54, 1.807) is 16.2 Å². The summed E-state index contributed by atoms with van der Waals surface area (Å²) in [5, 5.41) is 14.2. The maximum absolute atomic E-state index is 12.3. The Kier molecular flexibility index (Phi) is 4.29. The molecule has 3 heterocycles. The smallest absolute Gasteiger partial charge is 0.412 e. The van der Waals surface area contributed by atoms with Gasteiger partial charge in [-0.15, -0.1) is 0 Å². The molecule has 0 radical (unpaired) electrons. The average molecular weight is 356 g/mol. The molecule has 132 valence electrons. The van der Waals surface area contributed by atoms with Crippen LogP contribution in [0.4, 0.5) is 10.5 Å². The summed E-state index contributed by atoms with van der Waals surface area (Å²) in [7, 11) is 2.19. The van der Waals surface area contributed by atoms with Crippen LogP contribution in [-0.4, -0.2) is 41.3 Å². The van der Waals surface area contributed by atoms with Gasteiger partial charge in [0.1, 0.15) is 0 Å². The first-order valence-corrected chi connectivity index (χ1v) is 9.86. The molecule has 1 N–H and O–H groups in total. The fourth-order valence-electron chi connectivity index (χ4n) is 4.55. The minimum atomic E-state index is -0.837. The average Bonchev–Trinajstić information content (AvgIpc) is 3.14. The molecule has 2 bridgehead atoms. The van der Waals surface area contributed by atoms with Crippen molar-refractivity contribution in [3.8, 4) is 11.1 Å². The number of thiophene rings is 1. The Morgan fingerprint density at radius 3 is 2.56 bits per heavy atom. The predicted octanol–water partition coefficient (Wildman–Crippen LogP) is 4.83. The van der Waals surface area contributed by atoms with E-state index in [2.05, 4.69) is 35.5 Å². The van der Waals surface area contributed by atoms with Gasteiger partial charge in [0.15, 0.2) is 0 Å². The Bertz CT molecular complexity index is 760. The van der Waals surface area contributed by atoms with Gasteiger partial charge >= 0.3 is 6.09 Å². The fraction of sp³-hybridized carbons (Fsp3) is 0.450. The van der Waals surface area contributed by atoms with Gasteiger partial charge in [-0.3, -0.25) is 4.90 Å². The van der Waals surface area contributed by atoms with Crippen molar-refractivity contribution in [1.29, 1.82) is 0 Å². The number of fused-ring (bicyclic) bond motifs is 2. The first-order chi connectivity index (χ1) is 12.0. The van der Waals surface area contributed by atoms with Crippen LogP contribution in [0.2, 0.25) is 0 Å². The maximum Gasteiger partial charge on any atom is 0.412 e. The topological polar surface area (TPSA) is 43.8 Å². The number of carboxylic acid groups (broad SMARTS) is 1. The number of amides is 1. The minimum Gasteiger partial charge on any atom is -0.465 e.